The molecule has 1 aromatic heterocycles. The molecule has 1 fully saturated rings. The van der Waals surface area contributed by atoms with Crippen molar-refractivity contribution < 1.29 is 24.2 Å². The molecule has 8 heteroatoms. The summed E-state index contributed by atoms with van der Waals surface area (Å²) in [7, 11) is 1.59. The number of carbonyl (C=O) groups is 2. The van der Waals surface area contributed by atoms with E-state index in [-0.39, 0.29) is 17.8 Å². The molecule has 1 aliphatic heterocycles. The third-order valence-corrected chi connectivity index (χ3v) is 7.05. The van der Waals surface area contributed by atoms with Gasteiger partial charge in [0.25, 0.3) is 0 Å². The maximum Gasteiger partial charge on any atom is 0.306 e. The summed E-state index contributed by atoms with van der Waals surface area (Å²) in [4.78, 5) is 26.5. The highest BCUT2D eigenvalue weighted by Gasteiger charge is 2.24. The molecule has 0 radical (unpaired) electrons. The monoisotopic (exact) mass is 536 g/mol. The molecule has 0 aliphatic carbocycles. The van der Waals surface area contributed by atoms with E-state index in [0.717, 1.165) is 24.2 Å². The Balaban J connectivity index is 1.49. The number of carbonyl (C=O) groups excluding carboxylic acids is 2. The Hall–Kier alpha value is -3.55. The van der Waals surface area contributed by atoms with E-state index >= 15 is 0 Å². The van der Waals surface area contributed by atoms with Gasteiger partial charge in [-0.2, -0.15) is 0 Å². The summed E-state index contributed by atoms with van der Waals surface area (Å²) in [5.41, 5.74) is 2.85. The van der Waals surface area contributed by atoms with Crippen LogP contribution >= 0.6 is 11.6 Å². The van der Waals surface area contributed by atoms with Crippen LogP contribution in [0.3, 0.4) is 0 Å². The van der Waals surface area contributed by atoms with Crippen LogP contribution < -0.4 is 4.74 Å². The largest absolute Gasteiger partial charge is 0.497 e. The van der Waals surface area contributed by atoms with Crippen LogP contribution in [0.5, 0.6) is 5.75 Å². The number of esters is 1. The summed E-state index contributed by atoms with van der Waals surface area (Å²) < 4.78 is 12.3. The van der Waals surface area contributed by atoms with E-state index in [1.807, 2.05) is 52.1 Å². The molecular weight excluding hydrogens is 504 g/mol. The van der Waals surface area contributed by atoms with E-state index in [0.29, 0.717) is 48.0 Å². The second-order valence-corrected chi connectivity index (χ2v) is 9.73. The number of piperidine rings is 1. The van der Waals surface area contributed by atoms with Crippen LogP contribution in [0.15, 0.2) is 66.9 Å². The van der Waals surface area contributed by atoms with Gasteiger partial charge in [0.15, 0.2) is 0 Å². The number of amides is 1. The molecule has 0 spiro atoms. The van der Waals surface area contributed by atoms with Gasteiger partial charge >= 0.3 is 5.97 Å². The van der Waals surface area contributed by atoms with Gasteiger partial charge in [-0.1, -0.05) is 23.7 Å². The molecule has 38 heavy (non-hydrogen) atoms. The SMILES string of the molecule is CCOC(=O)CC1CCN(C(=O)C=Cc2cccn2-c2ccc(Cl)cc2C(O)c2cccc(OC)c2)CC1. The number of hydrogen-bond donors (Lipinski definition) is 1. The Morgan fingerprint density at radius 3 is 2.66 bits per heavy atom. The van der Waals surface area contributed by atoms with Gasteiger partial charge in [-0.15, -0.1) is 0 Å². The van der Waals surface area contributed by atoms with Crippen LogP contribution in [0.2, 0.25) is 5.02 Å². The Labute approximate surface area is 228 Å². The molecule has 3 aromatic rings. The Morgan fingerprint density at radius 1 is 1.13 bits per heavy atom. The fourth-order valence-corrected chi connectivity index (χ4v) is 4.96. The normalized spacial score (nSPS) is 15.0. The minimum Gasteiger partial charge on any atom is -0.497 e. The van der Waals surface area contributed by atoms with Gasteiger partial charge in [0.05, 0.1) is 19.4 Å². The second kappa shape index (κ2) is 12.8. The van der Waals surface area contributed by atoms with Gasteiger partial charge in [-0.3, -0.25) is 9.59 Å². The third-order valence-electron chi connectivity index (χ3n) is 6.82. The van der Waals surface area contributed by atoms with E-state index in [1.54, 1.807) is 44.4 Å². The van der Waals surface area contributed by atoms with Gasteiger partial charge in [0.2, 0.25) is 5.91 Å². The number of nitrogens with zero attached hydrogens (tertiary/aromatic N) is 2. The molecule has 0 saturated carbocycles. The standard InChI is InChI=1S/C30H33ClN2O5/c1-3-38-29(35)18-21-13-16-32(17-14-21)28(34)12-10-24-7-5-15-33(24)27-11-9-23(31)20-26(27)30(36)22-6-4-8-25(19-22)37-2/h4-12,15,19-21,30,36H,3,13-14,16-18H2,1-2H3. The van der Waals surface area contributed by atoms with Crippen LogP contribution in [0.1, 0.15) is 49.1 Å². The lowest BCUT2D eigenvalue weighted by molar-refractivity contribution is -0.144. The number of aromatic nitrogens is 1. The highest BCUT2D eigenvalue weighted by molar-refractivity contribution is 6.30. The molecule has 2 aromatic carbocycles. The minimum absolute atomic E-state index is 0.0694. The van der Waals surface area contributed by atoms with Gasteiger partial charge in [-0.25, -0.2) is 0 Å². The average molecular weight is 537 g/mol. The van der Waals surface area contributed by atoms with E-state index in [9.17, 15) is 14.7 Å². The molecule has 1 saturated heterocycles. The number of aliphatic hydroxyl groups is 1. The maximum atomic E-state index is 12.9. The van der Waals surface area contributed by atoms with Crippen LogP contribution in [-0.2, 0) is 14.3 Å². The van der Waals surface area contributed by atoms with Crippen molar-refractivity contribution in [2.75, 3.05) is 26.8 Å². The summed E-state index contributed by atoms with van der Waals surface area (Å²) in [6.45, 7) is 3.42. The van der Waals surface area contributed by atoms with E-state index in [1.165, 1.54) is 0 Å². The smallest absolute Gasteiger partial charge is 0.306 e. The molecule has 1 amide bonds. The Kier molecular flexibility index (Phi) is 9.26. The fraction of sp³-hybridized carbons (Fsp3) is 0.333. The second-order valence-electron chi connectivity index (χ2n) is 9.30. The molecular formula is C30H33ClN2O5. The Bertz CT molecular complexity index is 1290. The van der Waals surface area contributed by atoms with Crippen LogP contribution in [-0.4, -0.2) is 53.3 Å². The predicted molar refractivity (Wildman–Crippen MR) is 147 cm³/mol. The minimum atomic E-state index is -0.935. The number of ether oxygens (including phenoxy) is 2. The first-order valence-electron chi connectivity index (χ1n) is 12.8. The number of methoxy groups -OCH3 is 1. The van der Waals surface area contributed by atoms with Crippen molar-refractivity contribution in [2.45, 2.75) is 32.3 Å². The molecule has 200 valence electrons. The predicted octanol–water partition coefficient (Wildman–Crippen LogP) is 5.43. The van der Waals surface area contributed by atoms with Crippen molar-refractivity contribution in [3.8, 4) is 11.4 Å². The molecule has 1 unspecified atom stereocenters. The molecule has 7 nitrogen and oxygen atoms in total. The van der Waals surface area contributed by atoms with Crippen molar-refractivity contribution >= 4 is 29.6 Å². The fourth-order valence-electron chi connectivity index (χ4n) is 4.78. The summed E-state index contributed by atoms with van der Waals surface area (Å²) in [5.74, 6) is 0.660. The van der Waals surface area contributed by atoms with Crippen molar-refractivity contribution in [2.24, 2.45) is 5.92 Å². The van der Waals surface area contributed by atoms with Crippen molar-refractivity contribution in [1.29, 1.82) is 0 Å². The molecule has 4 rings (SSSR count). The van der Waals surface area contributed by atoms with E-state index in [2.05, 4.69) is 0 Å². The van der Waals surface area contributed by atoms with Gasteiger partial charge in [0, 0.05) is 48.1 Å². The maximum absolute atomic E-state index is 12.9. The number of rotatable bonds is 9. The molecule has 1 N–H and O–H groups in total. The zero-order valence-corrected chi connectivity index (χ0v) is 22.4. The third kappa shape index (κ3) is 6.65. The summed E-state index contributed by atoms with van der Waals surface area (Å²) >= 11 is 6.32. The van der Waals surface area contributed by atoms with Crippen molar-refractivity contribution in [1.82, 2.24) is 9.47 Å². The summed E-state index contributed by atoms with van der Waals surface area (Å²) in [6, 6.07) is 16.5. The van der Waals surface area contributed by atoms with Gasteiger partial charge in [-0.05, 0) is 79.8 Å². The number of likely N-dealkylation sites (tertiary alicyclic amines) is 1. The lowest BCUT2D eigenvalue weighted by atomic mass is 9.93. The average Bonchev–Trinajstić information content (AvgIpc) is 3.40. The van der Waals surface area contributed by atoms with Crippen LogP contribution in [0, 0.1) is 5.92 Å². The first kappa shape index (κ1) is 27.5. The number of benzene rings is 2. The highest BCUT2D eigenvalue weighted by atomic mass is 35.5. The zero-order valence-electron chi connectivity index (χ0n) is 21.7. The highest BCUT2D eigenvalue weighted by Crippen LogP contribution is 2.32. The summed E-state index contributed by atoms with van der Waals surface area (Å²) in [6.07, 6.45) is 6.28. The first-order chi connectivity index (χ1) is 18.4. The molecule has 2 heterocycles. The lowest BCUT2D eigenvalue weighted by Gasteiger charge is -2.30. The van der Waals surface area contributed by atoms with Crippen molar-refractivity contribution in [3.05, 3.63) is 88.7 Å². The van der Waals surface area contributed by atoms with Gasteiger partial charge in [0.1, 0.15) is 11.9 Å². The van der Waals surface area contributed by atoms with E-state index in [4.69, 9.17) is 21.1 Å². The van der Waals surface area contributed by atoms with Gasteiger partial charge < -0.3 is 24.0 Å². The van der Waals surface area contributed by atoms with E-state index < -0.39 is 6.10 Å². The molecule has 1 aliphatic rings. The quantitative estimate of drug-likeness (QED) is 0.291. The summed E-state index contributed by atoms with van der Waals surface area (Å²) in [5, 5.41) is 11.8. The Morgan fingerprint density at radius 2 is 1.92 bits per heavy atom. The molecule has 0 bridgehead atoms. The van der Waals surface area contributed by atoms with Crippen LogP contribution in [0.4, 0.5) is 0 Å². The number of aliphatic hydroxyl groups excluding tert-OH is 1. The van der Waals surface area contributed by atoms with Crippen molar-refractivity contribution in [3.63, 3.8) is 0 Å². The number of hydrogen-bond acceptors (Lipinski definition) is 5. The topological polar surface area (TPSA) is 81.0 Å². The number of halogens is 1. The zero-order chi connectivity index (χ0) is 27.1. The van der Waals surface area contributed by atoms with Crippen LogP contribution in [0.25, 0.3) is 11.8 Å². The molecule has 1 atom stereocenters. The lowest BCUT2D eigenvalue weighted by Crippen LogP contribution is -2.38. The first-order valence-corrected chi connectivity index (χ1v) is 13.2.